The third-order valence-electron chi connectivity index (χ3n) is 5.92. The van der Waals surface area contributed by atoms with Crippen molar-refractivity contribution in [2.45, 2.75) is 68.8 Å². The van der Waals surface area contributed by atoms with Gasteiger partial charge in [-0.25, -0.2) is 13.1 Å². The fraction of sp³-hybridized carbons (Fsp3) is 0.444. The Labute approximate surface area is 239 Å². The molecule has 0 aromatic heterocycles. The van der Waals surface area contributed by atoms with Crippen LogP contribution < -0.4 is 4.72 Å². The van der Waals surface area contributed by atoms with Crippen molar-refractivity contribution in [2.75, 3.05) is 12.4 Å². The van der Waals surface area contributed by atoms with Gasteiger partial charge in [-0.1, -0.05) is 17.7 Å². The molecule has 5 atom stereocenters. The molecular formula is C27H32NO10S2. The Morgan fingerprint density at radius 2 is 1.52 bits per heavy atom. The van der Waals surface area contributed by atoms with E-state index in [0.29, 0.717) is 5.92 Å². The van der Waals surface area contributed by atoms with E-state index in [1.807, 2.05) is 6.92 Å². The van der Waals surface area contributed by atoms with Gasteiger partial charge in [0.15, 0.2) is 12.2 Å². The van der Waals surface area contributed by atoms with Gasteiger partial charge in [0.2, 0.25) is 10.0 Å². The van der Waals surface area contributed by atoms with Gasteiger partial charge in [-0.15, -0.1) is 11.8 Å². The van der Waals surface area contributed by atoms with Gasteiger partial charge in [0, 0.05) is 38.9 Å². The number of benzene rings is 1. The first-order valence-corrected chi connectivity index (χ1v) is 15.0. The fourth-order valence-electron chi connectivity index (χ4n) is 4.11. The number of thioether (sulfide) groups is 1. The summed E-state index contributed by atoms with van der Waals surface area (Å²) < 4.78 is 51.5. The topological polar surface area (TPSA) is 151 Å². The number of aryl methyl sites for hydroxylation is 1. The Morgan fingerprint density at radius 1 is 0.925 bits per heavy atom. The molecule has 5 radical (unpaired) electrons. The molecule has 1 saturated heterocycles. The van der Waals surface area contributed by atoms with Gasteiger partial charge in [-0.3, -0.25) is 19.2 Å². The summed E-state index contributed by atoms with van der Waals surface area (Å²) in [5.74, 6) is -1.47. The molecule has 0 amide bonds. The van der Waals surface area contributed by atoms with Crippen LogP contribution in [0, 0.1) is 38.5 Å². The van der Waals surface area contributed by atoms with Crippen LogP contribution >= 0.6 is 11.8 Å². The zero-order valence-corrected chi connectivity index (χ0v) is 24.2. The summed E-state index contributed by atoms with van der Waals surface area (Å²) in [6.07, 6.45) is 3.24. The predicted molar refractivity (Wildman–Crippen MR) is 144 cm³/mol. The van der Waals surface area contributed by atoms with Gasteiger partial charge in [0.05, 0.1) is 10.9 Å². The maximum absolute atomic E-state index is 13.4. The number of nitrogens with one attached hydrogen (secondary N) is 1. The normalized spacial score (nSPS) is 25.2. The van der Waals surface area contributed by atoms with E-state index in [-0.39, 0.29) is 29.5 Å². The third kappa shape index (κ3) is 9.02. The van der Waals surface area contributed by atoms with Crippen LogP contribution in [0.2, 0.25) is 0 Å². The molecule has 1 aromatic rings. The molecule has 2 aliphatic rings. The maximum Gasteiger partial charge on any atom is 0.303 e. The summed E-state index contributed by atoms with van der Waals surface area (Å²) >= 11 is 1.12. The molecule has 1 aliphatic heterocycles. The highest BCUT2D eigenvalue weighted by Crippen LogP contribution is 2.34. The number of rotatable bonds is 12. The number of hydrogen-bond acceptors (Lipinski definition) is 11. The van der Waals surface area contributed by atoms with E-state index in [0.717, 1.165) is 31.2 Å². The quantitative estimate of drug-likeness (QED) is 0.279. The van der Waals surface area contributed by atoms with Gasteiger partial charge in [-0.05, 0) is 44.7 Å². The van der Waals surface area contributed by atoms with E-state index in [1.165, 1.54) is 19.1 Å². The van der Waals surface area contributed by atoms with Gasteiger partial charge >= 0.3 is 17.9 Å². The van der Waals surface area contributed by atoms with Crippen molar-refractivity contribution in [3.05, 3.63) is 61.4 Å². The summed E-state index contributed by atoms with van der Waals surface area (Å²) in [6.45, 7) is 4.91. The van der Waals surface area contributed by atoms with Crippen LogP contribution in [0.4, 0.5) is 0 Å². The molecule has 13 heteroatoms. The number of Topliss-reactive ketones (excluding diaryl/α,β-unsaturated/α-hetero) is 1. The standard InChI is InChI=1S/C27H32NO10S2/c1-16-9-11-21(12-10-16)40(33,34)28-24-26(37-19(4)31)25(36-18(3)30)23(15-35-17(2)29)38-27(24)39-14-13-22(32)20-7-5-6-8-20/h5-12,23-28H,13-15H2,1-4H3/t23-,24-,25-,26-,27+/m1/s1. The number of carbonyl (C=O) groups excluding carboxylic acids is 4. The van der Waals surface area contributed by atoms with Crippen molar-refractivity contribution < 1.29 is 46.5 Å². The average molecular weight is 595 g/mol. The van der Waals surface area contributed by atoms with Gasteiger partial charge in [0.25, 0.3) is 0 Å². The highest BCUT2D eigenvalue weighted by atomic mass is 32.2. The molecule has 1 aromatic carbocycles. The second kappa shape index (κ2) is 14.4. The number of sulfonamides is 1. The molecule has 0 spiro atoms. The van der Waals surface area contributed by atoms with E-state index >= 15 is 0 Å². The summed E-state index contributed by atoms with van der Waals surface area (Å²) in [4.78, 5) is 48.2. The van der Waals surface area contributed by atoms with Gasteiger partial charge in [0.1, 0.15) is 23.9 Å². The molecule has 0 bridgehead atoms. The summed E-state index contributed by atoms with van der Waals surface area (Å²) in [5, 5.41) is 0. The lowest BCUT2D eigenvalue weighted by Gasteiger charge is -2.45. The largest absolute Gasteiger partial charge is 0.463 e. The lowest BCUT2D eigenvalue weighted by atomic mass is 9.98. The van der Waals surface area contributed by atoms with Crippen LogP contribution in [0.5, 0.6) is 0 Å². The van der Waals surface area contributed by atoms with Gasteiger partial charge < -0.3 is 18.9 Å². The minimum atomic E-state index is -4.18. The number of hydrogen-bond donors (Lipinski definition) is 1. The van der Waals surface area contributed by atoms with Crippen LogP contribution in [0.3, 0.4) is 0 Å². The monoisotopic (exact) mass is 594 g/mol. The first-order valence-electron chi connectivity index (χ1n) is 12.5. The number of carbonyl (C=O) groups is 4. The SMILES string of the molecule is CC(=O)OC[C@H]1O[C@@H](SCCC(=O)[C]2[CH][CH][CH][CH]2)[C@H](NS(=O)(=O)c2ccc(C)cc2)[C@@H](OC(C)=O)[C@@H]1OC(C)=O. The summed E-state index contributed by atoms with van der Waals surface area (Å²) in [7, 11) is -4.18. The zero-order valence-electron chi connectivity index (χ0n) is 22.5. The Hall–Kier alpha value is -2.48. The van der Waals surface area contributed by atoms with Crippen LogP contribution in [0.25, 0.3) is 0 Å². The smallest absolute Gasteiger partial charge is 0.303 e. The molecule has 2 fully saturated rings. The lowest BCUT2D eigenvalue weighted by Crippen LogP contribution is -2.65. The molecule has 217 valence electrons. The van der Waals surface area contributed by atoms with E-state index < -0.39 is 57.7 Å². The molecule has 1 N–H and O–H groups in total. The third-order valence-corrected chi connectivity index (χ3v) is 8.57. The van der Waals surface area contributed by atoms with E-state index in [2.05, 4.69) is 4.72 Å². The van der Waals surface area contributed by atoms with Crippen molar-refractivity contribution in [2.24, 2.45) is 0 Å². The van der Waals surface area contributed by atoms with Crippen molar-refractivity contribution in [3.8, 4) is 0 Å². The second-order valence-electron chi connectivity index (χ2n) is 9.17. The van der Waals surface area contributed by atoms with Gasteiger partial charge in [-0.2, -0.15) is 0 Å². The zero-order chi connectivity index (χ0) is 29.4. The van der Waals surface area contributed by atoms with Crippen molar-refractivity contribution in [3.63, 3.8) is 0 Å². The Balaban J connectivity index is 1.93. The maximum atomic E-state index is 13.4. The summed E-state index contributed by atoms with van der Waals surface area (Å²) in [5.41, 5.74) is -0.173. The molecule has 1 aliphatic carbocycles. The highest BCUT2D eigenvalue weighted by Gasteiger charge is 2.51. The number of ether oxygens (including phenoxy) is 4. The summed E-state index contributed by atoms with van der Waals surface area (Å²) in [6, 6.07) is 4.87. The van der Waals surface area contributed by atoms with E-state index in [9.17, 15) is 27.6 Å². The van der Waals surface area contributed by atoms with E-state index in [1.54, 1.807) is 37.8 Å². The molecule has 11 nitrogen and oxygen atoms in total. The highest BCUT2D eigenvalue weighted by molar-refractivity contribution is 7.99. The number of esters is 3. The Kier molecular flexibility index (Phi) is 11.6. The minimum absolute atomic E-state index is 0.0408. The predicted octanol–water partition coefficient (Wildman–Crippen LogP) is 1.89. The Morgan fingerprint density at radius 3 is 2.10 bits per heavy atom. The van der Waals surface area contributed by atoms with Crippen LogP contribution in [-0.4, -0.2) is 74.3 Å². The molecule has 3 rings (SSSR count). The Bertz CT molecular complexity index is 1160. The second-order valence-corrected chi connectivity index (χ2v) is 12.1. The van der Waals surface area contributed by atoms with Crippen molar-refractivity contribution in [1.29, 1.82) is 0 Å². The average Bonchev–Trinajstić information content (AvgIpc) is 3.41. The number of ketones is 1. The van der Waals surface area contributed by atoms with Crippen LogP contribution in [0.15, 0.2) is 29.2 Å². The first-order chi connectivity index (χ1) is 18.9. The molecule has 40 heavy (non-hydrogen) atoms. The van der Waals surface area contributed by atoms with Crippen LogP contribution in [-0.2, 0) is 48.1 Å². The molecule has 0 unspecified atom stereocenters. The van der Waals surface area contributed by atoms with E-state index in [4.69, 9.17) is 18.9 Å². The molecular weight excluding hydrogens is 562 g/mol. The lowest BCUT2D eigenvalue weighted by molar-refractivity contribution is -0.210. The first kappa shape index (κ1) is 32.0. The minimum Gasteiger partial charge on any atom is -0.463 e. The fourth-order valence-corrected chi connectivity index (χ4v) is 6.63. The van der Waals surface area contributed by atoms with Crippen molar-refractivity contribution in [1.82, 2.24) is 4.72 Å². The molecule has 1 heterocycles. The van der Waals surface area contributed by atoms with Crippen LogP contribution in [0.1, 0.15) is 32.8 Å². The molecule has 1 saturated carbocycles. The van der Waals surface area contributed by atoms with Crippen molar-refractivity contribution >= 4 is 45.5 Å².